The van der Waals surface area contributed by atoms with Crippen molar-refractivity contribution in [2.75, 3.05) is 4.72 Å². The van der Waals surface area contributed by atoms with Crippen LogP contribution in [0.15, 0.2) is 77.7 Å². The number of hydrogen-bond acceptors (Lipinski definition) is 4. The molecule has 2 heterocycles. The van der Waals surface area contributed by atoms with Gasteiger partial charge >= 0.3 is 0 Å². The molecular formula is C21H17ClFN3O3S. The minimum atomic E-state index is -3.96. The summed E-state index contributed by atoms with van der Waals surface area (Å²) in [6, 6.07) is 9.33. The molecule has 1 aliphatic rings. The summed E-state index contributed by atoms with van der Waals surface area (Å²) in [6.45, 7) is 0. The number of aliphatic hydroxyl groups is 1. The molecule has 2 N–H and O–H groups in total. The van der Waals surface area contributed by atoms with Crippen LogP contribution >= 0.6 is 11.6 Å². The van der Waals surface area contributed by atoms with Gasteiger partial charge in [0.15, 0.2) is 0 Å². The first-order chi connectivity index (χ1) is 14.3. The Morgan fingerprint density at radius 2 is 1.93 bits per heavy atom. The van der Waals surface area contributed by atoms with E-state index >= 15 is 0 Å². The van der Waals surface area contributed by atoms with Crippen molar-refractivity contribution in [3.8, 4) is 0 Å². The van der Waals surface area contributed by atoms with Crippen LogP contribution in [0, 0.1) is 5.82 Å². The van der Waals surface area contributed by atoms with Gasteiger partial charge in [-0.05, 0) is 54.5 Å². The molecule has 30 heavy (non-hydrogen) atoms. The molecule has 1 aromatic carbocycles. The maximum Gasteiger partial charge on any atom is 0.263 e. The third kappa shape index (κ3) is 4.16. The van der Waals surface area contributed by atoms with Gasteiger partial charge in [-0.3, -0.25) is 4.72 Å². The van der Waals surface area contributed by atoms with Gasteiger partial charge in [0.25, 0.3) is 10.0 Å². The van der Waals surface area contributed by atoms with E-state index < -0.39 is 21.9 Å². The average Bonchev–Trinajstić information content (AvgIpc) is 3.14. The third-order valence-corrected chi connectivity index (χ3v) is 6.22. The smallest absolute Gasteiger partial charge is 0.263 e. The summed E-state index contributed by atoms with van der Waals surface area (Å²) >= 11 is 6.30. The molecule has 0 spiro atoms. The summed E-state index contributed by atoms with van der Waals surface area (Å²) in [5.74, 6) is -0.347. The van der Waals surface area contributed by atoms with Crippen LogP contribution in [-0.2, 0) is 10.0 Å². The lowest BCUT2D eigenvalue weighted by Gasteiger charge is -2.10. The van der Waals surface area contributed by atoms with E-state index in [-0.39, 0.29) is 10.7 Å². The number of nitrogens with zero attached hydrogens (tertiary/aromatic N) is 2. The van der Waals surface area contributed by atoms with Gasteiger partial charge < -0.3 is 5.11 Å². The van der Waals surface area contributed by atoms with Crippen LogP contribution in [0.5, 0.6) is 0 Å². The van der Waals surface area contributed by atoms with E-state index in [2.05, 4.69) is 9.82 Å². The number of hydrogen-bond donors (Lipinski definition) is 2. The second-order valence-electron chi connectivity index (χ2n) is 6.66. The predicted octanol–water partition coefficient (Wildman–Crippen LogP) is 4.19. The van der Waals surface area contributed by atoms with Crippen molar-refractivity contribution in [2.45, 2.75) is 17.4 Å². The maximum atomic E-state index is 13.1. The van der Waals surface area contributed by atoms with Gasteiger partial charge in [0, 0.05) is 0 Å². The molecule has 0 saturated heterocycles. The standard InChI is InChI=1S/C21H17ClFN3O3S/c22-18-11-12-21(25-30(28,29)17-9-6-15(23)7-10-17)26-20(18)13-19(24-26)14-3-1-2-4-16(27)8-5-14/h1-7,9-13,16,25,27H,8H2. The number of allylic oxidation sites excluding steroid dienone is 4. The molecule has 0 amide bonds. The highest BCUT2D eigenvalue weighted by molar-refractivity contribution is 7.92. The van der Waals surface area contributed by atoms with E-state index in [1.807, 2.05) is 12.2 Å². The van der Waals surface area contributed by atoms with Crippen LogP contribution in [0.4, 0.5) is 10.2 Å². The minimum Gasteiger partial charge on any atom is -0.389 e. The molecular weight excluding hydrogens is 429 g/mol. The monoisotopic (exact) mass is 445 g/mol. The summed E-state index contributed by atoms with van der Waals surface area (Å²) in [5, 5.41) is 14.8. The number of nitrogens with one attached hydrogen (secondary N) is 1. The minimum absolute atomic E-state index is 0.0779. The third-order valence-electron chi connectivity index (χ3n) is 4.53. The first-order valence-corrected chi connectivity index (χ1v) is 10.9. The van der Waals surface area contributed by atoms with Crippen molar-refractivity contribution in [1.82, 2.24) is 9.61 Å². The Labute approximate surface area is 177 Å². The van der Waals surface area contributed by atoms with E-state index in [1.165, 1.54) is 22.7 Å². The molecule has 0 aliphatic heterocycles. The van der Waals surface area contributed by atoms with Crippen molar-refractivity contribution in [2.24, 2.45) is 0 Å². The van der Waals surface area contributed by atoms with Crippen molar-refractivity contribution in [3.63, 3.8) is 0 Å². The van der Waals surface area contributed by atoms with E-state index in [1.54, 1.807) is 30.4 Å². The molecule has 1 atom stereocenters. The number of fused-ring (bicyclic) bond motifs is 1. The summed E-state index contributed by atoms with van der Waals surface area (Å²) in [6.07, 6.45) is 8.75. The second-order valence-corrected chi connectivity index (χ2v) is 8.75. The van der Waals surface area contributed by atoms with Gasteiger partial charge in [0.1, 0.15) is 11.6 Å². The Balaban J connectivity index is 1.75. The molecule has 0 saturated carbocycles. The quantitative estimate of drug-likeness (QED) is 0.630. The van der Waals surface area contributed by atoms with Crippen molar-refractivity contribution in [1.29, 1.82) is 0 Å². The molecule has 3 aromatic rings. The highest BCUT2D eigenvalue weighted by Crippen LogP contribution is 2.28. The predicted molar refractivity (Wildman–Crippen MR) is 114 cm³/mol. The van der Waals surface area contributed by atoms with Crippen LogP contribution in [0.25, 0.3) is 11.1 Å². The summed E-state index contributed by atoms with van der Waals surface area (Å²) in [4.78, 5) is -0.0779. The van der Waals surface area contributed by atoms with E-state index in [0.717, 1.165) is 17.7 Å². The second kappa shape index (κ2) is 8.06. The number of benzene rings is 1. The number of aromatic nitrogens is 2. The molecule has 0 fully saturated rings. The Morgan fingerprint density at radius 3 is 2.70 bits per heavy atom. The zero-order valence-electron chi connectivity index (χ0n) is 15.5. The van der Waals surface area contributed by atoms with Gasteiger partial charge in [0.05, 0.1) is 27.2 Å². The molecule has 0 bridgehead atoms. The Morgan fingerprint density at radius 1 is 1.17 bits per heavy atom. The number of halogens is 2. The first kappa shape index (κ1) is 20.3. The number of aliphatic hydroxyl groups excluding tert-OH is 1. The van der Waals surface area contributed by atoms with Crippen molar-refractivity contribution < 1.29 is 17.9 Å². The van der Waals surface area contributed by atoms with Gasteiger partial charge in [-0.25, -0.2) is 17.3 Å². The maximum absolute atomic E-state index is 13.1. The van der Waals surface area contributed by atoms with Crippen LogP contribution in [0.3, 0.4) is 0 Å². The Hall–Kier alpha value is -2.94. The van der Waals surface area contributed by atoms with Gasteiger partial charge in [0.2, 0.25) is 0 Å². The number of pyridine rings is 1. The lowest BCUT2D eigenvalue weighted by Crippen LogP contribution is -2.15. The highest BCUT2D eigenvalue weighted by Gasteiger charge is 2.18. The molecule has 6 nitrogen and oxygen atoms in total. The van der Waals surface area contributed by atoms with Crippen LogP contribution in [0.2, 0.25) is 5.02 Å². The fourth-order valence-corrected chi connectivity index (χ4v) is 4.25. The number of sulfonamides is 1. The zero-order chi connectivity index (χ0) is 21.3. The average molecular weight is 446 g/mol. The summed E-state index contributed by atoms with van der Waals surface area (Å²) in [5.41, 5.74) is 1.85. The molecule has 1 aliphatic carbocycles. The summed E-state index contributed by atoms with van der Waals surface area (Å²) in [7, 11) is -3.96. The van der Waals surface area contributed by atoms with Gasteiger partial charge in [-0.15, -0.1) is 0 Å². The fourth-order valence-electron chi connectivity index (χ4n) is 3.01. The van der Waals surface area contributed by atoms with Gasteiger partial charge in [-0.1, -0.05) is 42.0 Å². The summed E-state index contributed by atoms with van der Waals surface area (Å²) < 4.78 is 42.4. The molecule has 4 rings (SSSR count). The molecule has 9 heteroatoms. The van der Waals surface area contributed by atoms with Crippen LogP contribution < -0.4 is 4.72 Å². The molecule has 1 unspecified atom stereocenters. The first-order valence-electron chi connectivity index (χ1n) is 9.04. The van der Waals surface area contributed by atoms with Gasteiger partial charge in [-0.2, -0.15) is 5.10 Å². The van der Waals surface area contributed by atoms with E-state index in [0.29, 0.717) is 22.7 Å². The Kier molecular flexibility index (Phi) is 5.46. The lowest BCUT2D eigenvalue weighted by atomic mass is 10.1. The van der Waals surface area contributed by atoms with Crippen molar-refractivity contribution >= 4 is 38.5 Å². The SMILES string of the molecule is O=S(=O)(Nc1ccc(Cl)c2cc(C3=CCC(O)C=CC=C3)nn12)c1ccc(F)cc1. The largest absolute Gasteiger partial charge is 0.389 e. The number of anilines is 1. The Bertz CT molecular complexity index is 1300. The van der Waals surface area contributed by atoms with Crippen LogP contribution in [0.1, 0.15) is 12.1 Å². The molecule has 0 radical (unpaired) electrons. The number of rotatable bonds is 4. The normalized spacial score (nSPS) is 16.9. The van der Waals surface area contributed by atoms with Crippen LogP contribution in [-0.4, -0.2) is 29.2 Å². The zero-order valence-corrected chi connectivity index (χ0v) is 17.1. The van der Waals surface area contributed by atoms with E-state index in [4.69, 9.17) is 11.6 Å². The molecule has 2 aromatic heterocycles. The highest BCUT2D eigenvalue weighted by atomic mass is 35.5. The van der Waals surface area contributed by atoms with E-state index in [9.17, 15) is 17.9 Å². The topological polar surface area (TPSA) is 83.7 Å². The molecule has 154 valence electrons. The fraction of sp³-hybridized carbons (Fsp3) is 0.0952. The van der Waals surface area contributed by atoms with Crippen molar-refractivity contribution in [3.05, 3.63) is 89.4 Å². The lowest BCUT2D eigenvalue weighted by molar-refractivity contribution is 0.227.